The zero-order chi connectivity index (χ0) is 15.2. The Morgan fingerprint density at radius 3 is 2.90 bits per heavy atom. The lowest BCUT2D eigenvalue weighted by atomic mass is 10.1. The summed E-state index contributed by atoms with van der Waals surface area (Å²) in [5.74, 6) is 1.88. The van der Waals surface area contributed by atoms with Crippen molar-refractivity contribution >= 4 is 11.6 Å². The van der Waals surface area contributed by atoms with E-state index in [1.54, 1.807) is 6.20 Å². The Kier molecular flexibility index (Phi) is 5.65. The molecule has 0 radical (unpaired) electrons. The summed E-state index contributed by atoms with van der Waals surface area (Å²) in [5, 5.41) is 4.12. The van der Waals surface area contributed by atoms with Crippen LogP contribution in [0.15, 0.2) is 30.6 Å². The highest BCUT2D eigenvalue weighted by Crippen LogP contribution is 2.28. The molecule has 21 heavy (non-hydrogen) atoms. The maximum Gasteiger partial charge on any atom is 0.124 e. The zero-order valence-electron chi connectivity index (χ0n) is 12.8. The predicted octanol–water partition coefficient (Wildman–Crippen LogP) is 3.59. The highest BCUT2D eigenvalue weighted by molar-refractivity contribution is 6.30. The Morgan fingerprint density at radius 1 is 1.43 bits per heavy atom. The fourth-order valence-corrected chi connectivity index (χ4v) is 2.48. The Balaban J connectivity index is 2.03. The first kappa shape index (κ1) is 15.9. The molecule has 0 aliphatic carbocycles. The second-order valence-corrected chi connectivity index (χ2v) is 5.41. The number of halogens is 1. The first-order valence-electron chi connectivity index (χ1n) is 7.25. The minimum Gasteiger partial charge on any atom is -0.491 e. The fraction of sp³-hybridized carbons (Fsp3) is 0.438. The minimum atomic E-state index is 0.207. The first-order valence-corrected chi connectivity index (χ1v) is 7.63. The van der Waals surface area contributed by atoms with E-state index in [1.807, 2.05) is 31.3 Å². The van der Waals surface area contributed by atoms with Gasteiger partial charge in [-0.1, -0.05) is 18.5 Å². The topological polar surface area (TPSA) is 39.1 Å². The second-order valence-electron chi connectivity index (χ2n) is 4.98. The van der Waals surface area contributed by atoms with Gasteiger partial charge in [0.25, 0.3) is 0 Å². The normalized spacial score (nSPS) is 12.4. The van der Waals surface area contributed by atoms with Crippen LogP contribution in [0.4, 0.5) is 0 Å². The molecule has 0 saturated heterocycles. The van der Waals surface area contributed by atoms with Crippen LogP contribution in [0.2, 0.25) is 5.02 Å². The summed E-state index contributed by atoms with van der Waals surface area (Å²) in [6.45, 7) is 8.47. The van der Waals surface area contributed by atoms with E-state index < -0.39 is 0 Å². The number of hydrogen-bond donors (Lipinski definition) is 1. The Hall–Kier alpha value is -1.52. The predicted molar refractivity (Wildman–Crippen MR) is 86.0 cm³/mol. The quantitative estimate of drug-likeness (QED) is 0.849. The van der Waals surface area contributed by atoms with Gasteiger partial charge in [0.2, 0.25) is 0 Å². The molecule has 1 heterocycles. The summed E-state index contributed by atoms with van der Waals surface area (Å²) in [4.78, 5) is 4.20. The molecule has 1 aromatic carbocycles. The number of nitrogens with one attached hydrogen (secondary N) is 1. The van der Waals surface area contributed by atoms with Crippen molar-refractivity contribution in [3.63, 3.8) is 0 Å². The highest BCUT2D eigenvalue weighted by Gasteiger charge is 2.11. The smallest absolute Gasteiger partial charge is 0.124 e. The van der Waals surface area contributed by atoms with E-state index in [2.05, 4.69) is 28.7 Å². The van der Waals surface area contributed by atoms with Gasteiger partial charge in [-0.05, 0) is 38.6 Å². The maximum atomic E-state index is 6.10. The van der Waals surface area contributed by atoms with Crippen molar-refractivity contribution in [2.75, 3.05) is 13.2 Å². The van der Waals surface area contributed by atoms with E-state index in [-0.39, 0.29) is 6.04 Å². The van der Waals surface area contributed by atoms with Gasteiger partial charge in [0.05, 0.1) is 6.54 Å². The van der Waals surface area contributed by atoms with Crippen molar-refractivity contribution in [1.82, 2.24) is 14.9 Å². The van der Waals surface area contributed by atoms with Gasteiger partial charge in [-0.3, -0.25) is 0 Å². The van der Waals surface area contributed by atoms with E-state index >= 15 is 0 Å². The van der Waals surface area contributed by atoms with Crippen LogP contribution < -0.4 is 10.1 Å². The van der Waals surface area contributed by atoms with Crippen LogP contribution in [0.5, 0.6) is 5.75 Å². The molecule has 1 N–H and O–H groups in total. The average Bonchev–Trinajstić information content (AvgIpc) is 2.86. The molecule has 114 valence electrons. The van der Waals surface area contributed by atoms with Crippen LogP contribution >= 0.6 is 11.6 Å². The molecular weight excluding hydrogens is 286 g/mol. The third kappa shape index (κ3) is 4.22. The van der Waals surface area contributed by atoms with Crippen molar-refractivity contribution in [2.45, 2.75) is 33.4 Å². The Morgan fingerprint density at radius 2 is 2.24 bits per heavy atom. The Bertz CT molecular complexity index is 583. The number of imidazole rings is 1. The minimum absolute atomic E-state index is 0.207. The van der Waals surface area contributed by atoms with Crippen LogP contribution in [-0.4, -0.2) is 22.7 Å². The summed E-state index contributed by atoms with van der Waals surface area (Å²) in [7, 11) is 0. The maximum absolute atomic E-state index is 6.10. The second kappa shape index (κ2) is 7.48. The molecule has 0 saturated carbocycles. The van der Waals surface area contributed by atoms with Crippen LogP contribution in [-0.2, 0) is 6.54 Å². The molecule has 0 bridgehead atoms. The van der Waals surface area contributed by atoms with Gasteiger partial charge in [-0.2, -0.15) is 0 Å². The SMILES string of the molecule is CCNC(C)c1cc(Cl)ccc1OCCn1ccnc1C. The van der Waals surface area contributed by atoms with E-state index in [4.69, 9.17) is 16.3 Å². The van der Waals surface area contributed by atoms with Gasteiger partial charge >= 0.3 is 0 Å². The molecular formula is C16H22ClN3O. The third-order valence-electron chi connectivity index (χ3n) is 3.46. The molecule has 1 aromatic heterocycles. The van der Waals surface area contributed by atoms with Crippen LogP contribution in [0.25, 0.3) is 0 Å². The molecule has 0 spiro atoms. The number of nitrogens with zero attached hydrogens (tertiary/aromatic N) is 2. The molecule has 5 heteroatoms. The summed E-state index contributed by atoms with van der Waals surface area (Å²) < 4.78 is 8.01. The van der Waals surface area contributed by atoms with E-state index in [1.165, 1.54) is 0 Å². The number of aromatic nitrogens is 2. The molecule has 1 unspecified atom stereocenters. The zero-order valence-corrected chi connectivity index (χ0v) is 13.5. The molecule has 2 aromatic rings. The van der Waals surface area contributed by atoms with Crippen molar-refractivity contribution in [2.24, 2.45) is 0 Å². The van der Waals surface area contributed by atoms with Gasteiger partial charge in [0, 0.05) is 29.0 Å². The lowest BCUT2D eigenvalue weighted by molar-refractivity contribution is 0.291. The van der Waals surface area contributed by atoms with E-state index in [9.17, 15) is 0 Å². The van der Waals surface area contributed by atoms with Crippen LogP contribution in [0.1, 0.15) is 31.3 Å². The molecule has 0 aliphatic heterocycles. The number of rotatable bonds is 7. The third-order valence-corrected chi connectivity index (χ3v) is 3.70. The van der Waals surface area contributed by atoms with E-state index in [0.29, 0.717) is 6.61 Å². The van der Waals surface area contributed by atoms with E-state index in [0.717, 1.165) is 35.2 Å². The molecule has 1 atom stereocenters. The standard InChI is InChI=1S/C16H22ClN3O/c1-4-18-12(2)15-11-14(17)5-6-16(15)21-10-9-20-8-7-19-13(20)3/h5-8,11-12,18H,4,9-10H2,1-3H3. The van der Waals surface area contributed by atoms with Gasteiger partial charge in [-0.25, -0.2) is 4.98 Å². The number of aryl methyl sites for hydroxylation is 1. The highest BCUT2D eigenvalue weighted by atomic mass is 35.5. The summed E-state index contributed by atoms with van der Waals surface area (Å²) in [6, 6.07) is 5.97. The van der Waals surface area contributed by atoms with Gasteiger partial charge in [0.1, 0.15) is 18.2 Å². The monoisotopic (exact) mass is 307 g/mol. The van der Waals surface area contributed by atoms with Gasteiger partial charge < -0.3 is 14.6 Å². The molecule has 2 rings (SSSR count). The molecule has 0 fully saturated rings. The van der Waals surface area contributed by atoms with Crippen LogP contribution in [0, 0.1) is 6.92 Å². The number of hydrogen-bond acceptors (Lipinski definition) is 3. The van der Waals surface area contributed by atoms with Crippen molar-refractivity contribution in [3.05, 3.63) is 47.0 Å². The fourth-order valence-electron chi connectivity index (χ4n) is 2.30. The molecule has 0 aliphatic rings. The molecule has 0 amide bonds. The van der Waals surface area contributed by atoms with Crippen molar-refractivity contribution < 1.29 is 4.74 Å². The molecule has 4 nitrogen and oxygen atoms in total. The lowest BCUT2D eigenvalue weighted by Gasteiger charge is -2.18. The van der Waals surface area contributed by atoms with Gasteiger partial charge in [0.15, 0.2) is 0 Å². The average molecular weight is 308 g/mol. The summed E-state index contributed by atoms with van der Waals surface area (Å²) in [6.07, 6.45) is 3.76. The Labute approximate surface area is 131 Å². The summed E-state index contributed by atoms with van der Waals surface area (Å²) in [5.41, 5.74) is 1.09. The number of ether oxygens (including phenoxy) is 1. The van der Waals surface area contributed by atoms with Crippen LogP contribution in [0.3, 0.4) is 0 Å². The van der Waals surface area contributed by atoms with Gasteiger partial charge in [-0.15, -0.1) is 0 Å². The first-order chi connectivity index (χ1) is 10.1. The number of benzene rings is 1. The van der Waals surface area contributed by atoms with Crippen molar-refractivity contribution in [3.8, 4) is 5.75 Å². The lowest BCUT2D eigenvalue weighted by Crippen LogP contribution is -2.19. The summed E-state index contributed by atoms with van der Waals surface area (Å²) >= 11 is 6.10. The largest absolute Gasteiger partial charge is 0.491 e. The van der Waals surface area contributed by atoms with Crippen molar-refractivity contribution in [1.29, 1.82) is 0 Å².